The Morgan fingerprint density at radius 1 is 0.862 bits per heavy atom. The number of amides is 2. The van der Waals surface area contributed by atoms with Crippen LogP contribution < -0.4 is 20.1 Å². The lowest BCUT2D eigenvalue weighted by molar-refractivity contribution is -0.125. The highest BCUT2D eigenvalue weighted by molar-refractivity contribution is 6.33. The van der Waals surface area contributed by atoms with Gasteiger partial charge < -0.3 is 20.1 Å². The van der Waals surface area contributed by atoms with Crippen LogP contribution in [-0.4, -0.2) is 24.5 Å². The first kappa shape index (κ1) is 18.8. The van der Waals surface area contributed by atoms with Gasteiger partial charge in [0, 0.05) is 11.3 Å². The first-order chi connectivity index (χ1) is 14.1. The molecule has 1 aliphatic rings. The van der Waals surface area contributed by atoms with Crippen molar-refractivity contribution in [1.29, 1.82) is 0 Å². The lowest BCUT2D eigenvalue weighted by Gasteiger charge is -2.25. The summed E-state index contributed by atoms with van der Waals surface area (Å²) >= 11 is 6.06. The average molecular weight is 409 g/mol. The zero-order valence-corrected chi connectivity index (χ0v) is 16.0. The van der Waals surface area contributed by atoms with Crippen molar-refractivity contribution in [2.45, 2.75) is 6.10 Å². The van der Waals surface area contributed by atoms with E-state index >= 15 is 0 Å². The van der Waals surface area contributed by atoms with Crippen LogP contribution in [0.1, 0.15) is 10.4 Å². The predicted octanol–water partition coefficient (Wildman–Crippen LogP) is 4.37. The zero-order chi connectivity index (χ0) is 20.2. The van der Waals surface area contributed by atoms with E-state index < -0.39 is 6.10 Å². The zero-order valence-electron chi connectivity index (χ0n) is 15.2. The third-order valence-corrected chi connectivity index (χ3v) is 4.67. The molecule has 1 heterocycles. The van der Waals surface area contributed by atoms with Crippen LogP contribution in [0.2, 0.25) is 5.02 Å². The van der Waals surface area contributed by atoms with Crippen molar-refractivity contribution in [2.75, 3.05) is 17.2 Å². The van der Waals surface area contributed by atoms with E-state index in [0.29, 0.717) is 33.5 Å². The number of rotatable bonds is 4. The van der Waals surface area contributed by atoms with Crippen molar-refractivity contribution in [3.8, 4) is 11.5 Å². The highest BCUT2D eigenvalue weighted by Crippen LogP contribution is 2.31. The summed E-state index contributed by atoms with van der Waals surface area (Å²) in [7, 11) is 0. The van der Waals surface area contributed by atoms with Crippen molar-refractivity contribution in [2.24, 2.45) is 0 Å². The Balaban J connectivity index is 1.38. The number of carbonyl (C=O) groups excluding carboxylic acids is 2. The molecule has 3 aromatic rings. The molecule has 7 heteroatoms. The molecule has 29 heavy (non-hydrogen) atoms. The van der Waals surface area contributed by atoms with Crippen molar-refractivity contribution in [3.05, 3.63) is 83.4 Å². The molecule has 2 N–H and O–H groups in total. The molecule has 6 nitrogen and oxygen atoms in total. The minimum absolute atomic E-state index is 0.126. The van der Waals surface area contributed by atoms with Gasteiger partial charge in [-0.2, -0.15) is 0 Å². The topological polar surface area (TPSA) is 76.7 Å². The van der Waals surface area contributed by atoms with Crippen LogP contribution in [0, 0.1) is 0 Å². The fraction of sp³-hybridized carbons (Fsp3) is 0.0909. The monoisotopic (exact) mass is 408 g/mol. The number of ether oxygens (including phenoxy) is 2. The summed E-state index contributed by atoms with van der Waals surface area (Å²) in [5.41, 5.74) is 1.52. The fourth-order valence-electron chi connectivity index (χ4n) is 2.83. The van der Waals surface area contributed by atoms with E-state index in [4.69, 9.17) is 21.1 Å². The smallest absolute Gasteiger partial charge is 0.269 e. The minimum atomic E-state index is -0.756. The molecule has 146 valence electrons. The van der Waals surface area contributed by atoms with Crippen LogP contribution in [-0.2, 0) is 4.79 Å². The number of benzene rings is 3. The summed E-state index contributed by atoms with van der Waals surface area (Å²) in [5, 5.41) is 5.98. The summed E-state index contributed by atoms with van der Waals surface area (Å²) in [4.78, 5) is 24.8. The molecule has 0 radical (unpaired) electrons. The number of para-hydroxylation sites is 3. The Bertz CT molecular complexity index is 1050. The Labute approximate surface area is 172 Å². The summed E-state index contributed by atoms with van der Waals surface area (Å²) < 4.78 is 11.3. The second-order valence-corrected chi connectivity index (χ2v) is 6.77. The number of nitrogens with one attached hydrogen (secondary N) is 2. The van der Waals surface area contributed by atoms with Crippen LogP contribution in [0.5, 0.6) is 11.5 Å². The van der Waals surface area contributed by atoms with Crippen LogP contribution >= 0.6 is 11.6 Å². The van der Waals surface area contributed by atoms with Crippen molar-refractivity contribution < 1.29 is 19.1 Å². The number of hydrogen-bond acceptors (Lipinski definition) is 4. The first-order valence-corrected chi connectivity index (χ1v) is 9.33. The molecule has 4 rings (SSSR count). The molecule has 1 aliphatic heterocycles. The van der Waals surface area contributed by atoms with Gasteiger partial charge in [0.15, 0.2) is 11.5 Å². The average Bonchev–Trinajstić information content (AvgIpc) is 2.75. The molecule has 3 aromatic carbocycles. The maximum absolute atomic E-state index is 12.5. The molecule has 0 saturated carbocycles. The second kappa shape index (κ2) is 8.24. The summed E-state index contributed by atoms with van der Waals surface area (Å²) in [6.45, 7) is 0.126. The molecule has 2 amide bonds. The lowest BCUT2D eigenvalue weighted by Crippen LogP contribution is -2.40. The van der Waals surface area contributed by atoms with Gasteiger partial charge in [-0.3, -0.25) is 9.59 Å². The van der Waals surface area contributed by atoms with Gasteiger partial charge in [-0.25, -0.2) is 0 Å². The van der Waals surface area contributed by atoms with Crippen LogP contribution in [0.3, 0.4) is 0 Å². The van der Waals surface area contributed by atoms with Crippen LogP contribution in [0.4, 0.5) is 11.4 Å². The standard InChI is InChI=1S/C22H17ClN2O4/c23-16-5-1-2-6-17(16)25-21(26)14-9-11-15(12-10-14)24-22(27)20-13-28-18-7-3-4-8-19(18)29-20/h1-12,20H,13H2,(H,24,27)(H,25,26)/t20-/m0/s1. The molecule has 1 atom stereocenters. The van der Waals surface area contributed by atoms with E-state index in [2.05, 4.69) is 10.6 Å². The molecule has 0 aromatic heterocycles. The Morgan fingerprint density at radius 3 is 2.31 bits per heavy atom. The van der Waals surface area contributed by atoms with Gasteiger partial charge in [0.2, 0.25) is 6.10 Å². The summed E-state index contributed by atoms with van der Waals surface area (Å²) in [6.07, 6.45) is -0.756. The molecule has 0 unspecified atom stereocenters. The van der Waals surface area contributed by atoms with Gasteiger partial charge in [-0.1, -0.05) is 35.9 Å². The quantitative estimate of drug-likeness (QED) is 0.672. The molecule has 0 saturated heterocycles. The molecule has 0 fully saturated rings. The van der Waals surface area contributed by atoms with Crippen molar-refractivity contribution in [1.82, 2.24) is 0 Å². The molecular formula is C22H17ClN2O4. The van der Waals surface area contributed by atoms with E-state index in [1.54, 1.807) is 60.7 Å². The highest BCUT2D eigenvalue weighted by Gasteiger charge is 2.27. The Kier molecular flexibility index (Phi) is 5.35. The predicted molar refractivity (Wildman–Crippen MR) is 111 cm³/mol. The third-order valence-electron chi connectivity index (χ3n) is 4.34. The molecule has 0 bridgehead atoms. The van der Waals surface area contributed by atoms with E-state index in [1.165, 1.54) is 0 Å². The SMILES string of the molecule is O=C(Nc1ccccc1Cl)c1ccc(NC(=O)[C@@H]2COc3ccccc3O2)cc1. The van der Waals surface area contributed by atoms with Crippen molar-refractivity contribution >= 4 is 34.8 Å². The molecule has 0 spiro atoms. The highest BCUT2D eigenvalue weighted by atomic mass is 35.5. The maximum Gasteiger partial charge on any atom is 0.269 e. The van der Waals surface area contributed by atoms with Gasteiger partial charge >= 0.3 is 0 Å². The first-order valence-electron chi connectivity index (χ1n) is 8.95. The minimum Gasteiger partial charge on any atom is -0.485 e. The van der Waals surface area contributed by atoms with E-state index in [1.807, 2.05) is 12.1 Å². The number of anilines is 2. The van der Waals surface area contributed by atoms with Crippen LogP contribution in [0.25, 0.3) is 0 Å². The number of carbonyl (C=O) groups is 2. The largest absolute Gasteiger partial charge is 0.485 e. The van der Waals surface area contributed by atoms with E-state index in [-0.39, 0.29) is 18.4 Å². The summed E-state index contributed by atoms with van der Waals surface area (Å²) in [5.74, 6) is 0.528. The number of halogens is 1. The number of fused-ring (bicyclic) bond motifs is 1. The van der Waals surface area contributed by atoms with Crippen LogP contribution in [0.15, 0.2) is 72.8 Å². The fourth-order valence-corrected chi connectivity index (χ4v) is 3.02. The normalized spacial score (nSPS) is 14.7. The molecular weight excluding hydrogens is 392 g/mol. The van der Waals surface area contributed by atoms with Gasteiger partial charge in [0.1, 0.15) is 6.61 Å². The third kappa shape index (κ3) is 4.33. The Morgan fingerprint density at radius 2 is 1.55 bits per heavy atom. The second-order valence-electron chi connectivity index (χ2n) is 6.36. The van der Waals surface area contributed by atoms with E-state index in [9.17, 15) is 9.59 Å². The van der Waals surface area contributed by atoms with Gasteiger partial charge in [0.25, 0.3) is 11.8 Å². The van der Waals surface area contributed by atoms with Gasteiger partial charge in [0.05, 0.1) is 10.7 Å². The van der Waals surface area contributed by atoms with Crippen molar-refractivity contribution in [3.63, 3.8) is 0 Å². The lowest BCUT2D eigenvalue weighted by atomic mass is 10.1. The molecule has 0 aliphatic carbocycles. The van der Waals surface area contributed by atoms with Gasteiger partial charge in [-0.15, -0.1) is 0 Å². The van der Waals surface area contributed by atoms with E-state index in [0.717, 1.165) is 0 Å². The summed E-state index contributed by atoms with van der Waals surface area (Å²) in [6, 6.07) is 20.7. The Hall–Kier alpha value is -3.51. The maximum atomic E-state index is 12.5. The number of hydrogen-bond donors (Lipinski definition) is 2. The van der Waals surface area contributed by atoms with Gasteiger partial charge in [-0.05, 0) is 48.5 Å².